The molecular formula is C16H31NO2. The Labute approximate surface area is 118 Å². The minimum atomic E-state index is -0.413. The zero-order chi connectivity index (χ0) is 14.7. The second-order valence-corrected chi connectivity index (χ2v) is 8.14. The van der Waals surface area contributed by atoms with Crippen LogP contribution in [0.1, 0.15) is 73.6 Å². The first-order chi connectivity index (χ1) is 8.55. The van der Waals surface area contributed by atoms with Crippen LogP contribution in [-0.2, 0) is 4.74 Å². The normalized spacial score (nSPS) is 24.9. The molecule has 0 saturated heterocycles. The summed E-state index contributed by atoms with van der Waals surface area (Å²) in [6.45, 7) is 12.6. The van der Waals surface area contributed by atoms with E-state index in [9.17, 15) is 4.79 Å². The van der Waals surface area contributed by atoms with E-state index in [1.165, 1.54) is 19.3 Å². The molecule has 0 aromatic rings. The van der Waals surface area contributed by atoms with E-state index in [0.717, 1.165) is 18.8 Å². The third-order valence-corrected chi connectivity index (χ3v) is 3.40. The van der Waals surface area contributed by atoms with Crippen molar-refractivity contribution in [3.63, 3.8) is 0 Å². The third-order valence-electron chi connectivity index (χ3n) is 3.40. The first-order valence-electron chi connectivity index (χ1n) is 7.55. The summed E-state index contributed by atoms with van der Waals surface area (Å²) in [6.07, 6.45) is 5.65. The Morgan fingerprint density at radius 2 is 1.79 bits per heavy atom. The molecule has 1 rings (SSSR count). The Bertz CT molecular complexity index is 299. The monoisotopic (exact) mass is 269 g/mol. The zero-order valence-electron chi connectivity index (χ0n) is 13.5. The maximum atomic E-state index is 11.8. The maximum absolute atomic E-state index is 11.8. The number of rotatable bonds is 2. The van der Waals surface area contributed by atoms with Crippen LogP contribution in [0.5, 0.6) is 0 Å². The molecule has 0 aromatic heterocycles. The van der Waals surface area contributed by atoms with Gasteiger partial charge in [0.2, 0.25) is 0 Å². The second-order valence-electron chi connectivity index (χ2n) is 8.14. The number of alkyl carbamates (subject to hydrolysis) is 1. The number of ether oxygens (including phenoxy) is 1. The van der Waals surface area contributed by atoms with Crippen LogP contribution in [-0.4, -0.2) is 17.7 Å². The number of amides is 1. The van der Waals surface area contributed by atoms with E-state index in [4.69, 9.17) is 4.74 Å². The summed E-state index contributed by atoms with van der Waals surface area (Å²) in [5.41, 5.74) is -0.0396. The third kappa shape index (κ3) is 7.44. The lowest BCUT2D eigenvalue weighted by atomic mass is 9.76. The van der Waals surface area contributed by atoms with Crippen molar-refractivity contribution in [1.82, 2.24) is 5.32 Å². The molecule has 0 radical (unpaired) electrons. The number of carbonyl (C=O) groups excluding carboxylic acids is 1. The van der Waals surface area contributed by atoms with E-state index in [0.29, 0.717) is 5.41 Å². The molecule has 0 spiro atoms. The Balaban J connectivity index is 2.41. The predicted octanol–water partition coefficient (Wildman–Crippen LogP) is 4.51. The summed E-state index contributed by atoms with van der Waals surface area (Å²) in [5, 5.41) is 3.03. The van der Waals surface area contributed by atoms with Gasteiger partial charge in [-0.2, -0.15) is 0 Å². The van der Waals surface area contributed by atoms with Crippen molar-refractivity contribution in [2.45, 2.75) is 85.3 Å². The minimum Gasteiger partial charge on any atom is -0.444 e. The molecule has 0 aromatic carbocycles. The smallest absolute Gasteiger partial charge is 0.407 e. The summed E-state index contributed by atoms with van der Waals surface area (Å²) in [6, 6.07) is 0.288. The molecule has 19 heavy (non-hydrogen) atoms. The maximum Gasteiger partial charge on any atom is 0.407 e. The highest BCUT2D eigenvalue weighted by molar-refractivity contribution is 5.68. The van der Waals surface area contributed by atoms with Crippen molar-refractivity contribution in [3.8, 4) is 0 Å². The highest BCUT2D eigenvalue weighted by atomic mass is 16.6. The minimum absolute atomic E-state index is 0.270. The van der Waals surface area contributed by atoms with Crippen molar-refractivity contribution in [3.05, 3.63) is 0 Å². The van der Waals surface area contributed by atoms with E-state index in [1.807, 2.05) is 20.8 Å². The predicted molar refractivity (Wildman–Crippen MR) is 79.2 cm³/mol. The van der Waals surface area contributed by atoms with Gasteiger partial charge in [0.25, 0.3) is 0 Å². The molecule has 1 N–H and O–H groups in total. The average Bonchev–Trinajstić information content (AvgIpc) is 2.11. The first-order valence-corrected chi connectivity index (χ1v) is 7.55. The quantitative estimate of drug-likeness (QED) is 0.801. The SMILES string of the molecule is CC(C)(C)CC1CCCC(NC(=O)OC(C)(C)C)C1. The van der Waals surface area contributed by atoms with Gasteiger partial charge in [-0.3, -0.25) is 0 Å². The van der Waals surface area contributed by atoms with E-state index in [2.05, 4.69) is 26.1 Å². The Morgan fingerprint density at radius 1 is 1.16 bits per heavy atom. The summed E-state index contributed by atoms with van der Waals surface area (Å²) >= 11 is 0. The van der Waals surface area contributed by atoms with Gasteiger partial charge in [0.15, 0.2) is 0 Å². The number of hydrogen-bond donors (Lipinski definition) is 1. The van der Waals surface area contributed by atoms with E-state index >= 15 is 0 Å². The molecule has 1 amide bonds. The molecule has 3 nitrogen and oxygen atoms in total. The molecule has 112 valence electrons. The van der Waals surface area contributed by atoms with Crippen LogP contribution in [0.2, 0.25) is 0 Å². The highest BCUT2D eigenvalue weighted by Crippen LogP contribution is 2.34. The topological polar surface area (TPSA) is 38.3 Å². The van der Waals surface area contributed by atoms with Crippen molar-refractivity contribution in [2.24, 2.45) is 11.3 Å². The summed E-state index contributed by atoms with van der Waals surface area (Å²) in [7, 11) is 0. The zero-order valence-corrected chi connectivity index (χ0v) is 13.5. The number of carbonyl (C=O) groups is 1. The van der Waals surface area contributed by atoms with Gasteiger partial charge in [-0.25, -0.2) is 4.79 Å². The van der Waals surface area contributed by atoms with Crippen LogP contribution in [0.15, 0.2) is 0 Å². The molecular weight excluding hydrogens is 238 g/mol. The van der Waals surface area contributed by atoms with Gasteiger partial charge in [-0.1, -0.05) is 33.6 Å². The first kappa shape index (κ1) is 16.3. The van der Waals surface area contributed by atoms with Gasteiger partial charge in [0.05, 0.1) is 0 Å². The number of nitrogens with one attached hydrogen (secondary N) is 1. The highest BCUT2D eigenvalue weighted by Gasteiger charge is 2.27. The standard InChI is InChI=1S/C16H31NO2/c1-15(2,3)11-12-8-7-9-13(10-12)17-14(18)19-16(4,5)6/h12-13H,7-11H2,1-6H3,(H,17,18). The van der Waals surface area contributed by atoms with Gasteiger partial charge in [0.1, 0.15) is 5.60 Å². The van der Waals surface area contributed by atoms with Crippen LogP contribution >= 0.6 is 0 Å². The molecule has 2 unspecified atom stereocenters. The van der Waals surface area contributed by atoms with Gasteiger partial charge in [0, 0.05) is 6.04 Å². The van der Waals surface area contributed by atoms with Crippen molar-refractivity contribution in [1.29, 1.82) is 0 Å². The number of hydrogen-bond acceptors (Lipinski definition) is 2. The van der Waals surface area contributed by atoms with E-state index < -0.39 is 5.60 Å². The Hall–Kier alpha value is -0.730. The van der Waals surface area contributed by atoms with E-state index in [1.54, 1.807) is 0 Å². The van der Waals surface area contributed by atoms with E-state index in [-0.39, 0.29) is 12.1 Å². The molecule has 1 aliphatic rings. The van der Waals surface area contributed by atoms with Gasteiger partial charge < -0.3 is 10.1 Å². The van der Waals surface area contributed by atoms with Crippen LogP contribution in [0.25, 0.3) is 0 Å². The second kappa shape index (κ2) is 6.15. The fourth-order valence-corrected chi connectivity index (χ4v) is 2.95. The lowest BCUT2D eigenvalue weighted by Crippen LogP contribution is -2.41. The molecule has 1 aliphatic carbocycles. The van der Waals surface area contributed by atoms with Crippen LogP contribution in [0.4, 0.5) is 4.79 Å². The van der Waals surface area contributed by atoms with Crippen molar-refractivity contribution in [2.75, 3.05) is 0 Å². The average molecular weight is 269 g/mol. The molecule has 0 heterocycles. The summed E-state index contributed by atoms with van der Waals surface area (Å²) < 4.78 is 5.33. The molecule has 2 atom stereocenters. The molecule has 3 heteroatoms. The van der Waals surface area contributed by atoms with Gasteiger partial charge in [-0.05, 0) is 51.4 Å². The summed E-state index contributed by atoms with van der Waals surface area (Å²) in [4.78, 5) is 11.8. The molecule has 0 aliphatic heterocycles. The fraction of sp³-hybridized carbons (Fsp3) is 0.938. The summed E-state index contributed by atoms with van der Waals surface area (Å²) in [5.74, 6) is 0.730. The Kier molecular flexibility index (Phi) is 5.28. The lowest BCUT2D eigenvalue weighted by Gasteiger charge is -2.34. The molecule has 1 fully saturated rings. The fourth-order valence-electron chi connectivity index (χ4n) is 2.95. The van der Waals surface area contributed by atoms with Gasteiger partial charge in [-0.15, -0.1) is 0 Å². The molecule has 1 saturated carbocycles. The van der Waals surface area contributed by atoms with Crippen LogP contribution in [0.3, 0.4) is 0 Å². The van der Waals surface area contributed by atoms with Crippen LogP contribution < -0.4 is 5.32 Å². The van der Waals surface area contributed by atoms with Crippen molar-refractivity contribution < 1.29 is 9.53 Å². The van der Waals surface area contributed by atoms with Gasteiger partial charge >= 0.3 is 6.09 Å². The largest absolute Gasteiger partial charge is 0.444 e. The molecule has 0 bridgehead atoms. The Morgan fingerprint density at radius 3 is 2.32 bits per heavy atom. The lowest BCUT2D eigenvalue weighted by molar-refractivity contribution is 0.0480. The van der Waals surface area contributed by atoms with Crippen molar-refractivity contribution >= 4 is 6.09 Å². The van der Waals surface area contributed by atoms with Crippen LogP contribution in [0, 0.1) is 11.3 Å².